The first-order chi connectivity index (χ1) is 9.65. The molecule has 3 aromatic rings. The molecule has 7 heteroatoms. The molecule has 0 bridgehead atoms. The van der Waals surface area contributed by atoms with Gasteiger partial charge in [-0.25, -0.2) is 15.0 Å². The van der Waals surface area contributed by atoms with Crippen LogP contribution < -0.4 is 0 Å². The van der Waals surface area contributed by atoms with Crippen molar-refractivity contribution in [3.8, 4) is 0 Å². The van der Waals surface area contributed by atoms with E-state index in [9.17, 15) is 4.79 Å². The lowest BCUT2D eigenvalue weighted by Crippen LogP contribution is -1.95. The molecule has 0 aliphatic rings. The fourth-order valence-electron chi connectivity index (χ4n) is 1.80. The van der Waals surface area contributed by atoms with Crippen molar-refractivity contribution in [1.82, 2.24) is 19.9 Å². The van der Waals surface area contributed by atoms with Crippen molar-refractivity contribution < 1.29 is 4.79 Å². The summed E-state index contributed by atoms with van der Waals surface area (Å²) in [6, 6.07) is 5.57. The van der Waals surface area contributed by atoms with Crippen LogP contribution in [0.1, 0.15) is 17.3 Å². The maximum Gasteiger partial charge on any atom is 0.181 e. The highest BCUT2D eigenvalue weighted by Gasteiger charge is 2.13. The topological polar surface area (TPSA) is 71.5 Å². The second-order valence-electron chi connectivity index (χ2n) is 4.08. The highest BCUT2D eigenvalue weighted by Crippen LogP contribution is 2.34. The lowest BCUT2D eigenvalue weighted by Gasteiger charge is -2.07. The standard InChI is InChI=1S/C13H9BrN4OS/c1-7(19)9-3-2-8(14)4-10(9)20-13-11-12(16-5-15-11)17-6-18-13/h2-6H,1H3,(H,15,16,17,18). The minimum Gasteiger partial charge on any atom is -0.341 e. The van der Waals surface area contributed by atoms with Gasteiger partial charge in [0, 0.05) is 14.9 Å². The minimum atomic E-state index is 0.0231. The lowest BCUT2D eigenvalue weighted by atomic mass is 10.1. The average Bonchev–Trinajstić information content (AvgIpc) is 2.88. The Bertz CT molecular complexity index is 802. The highest BCUT2D eigenvalue weighted by atomic mass is 79.9. The summed E-state index contributed by atoms with van der Waals surface area (Å²) in [5, 5.41) is 0.744. The van der Waals surface area contributed by atoms with Gasteiger partial charge < -0.3 is 4.98 Å². The van der Waals surface area contributed by atoms with Gasteiger partial charge in [-0.1, -0.05) is 27.7 Å². The smallest absolute Gasteiger partial charge is 0.181 e. The molecule has 0 saturated heterocycles. The van der Waals surface area contributed by atoms with E-state index in [1.54, 1.807) is 19.3 Å². The molecule has 2 aromatic heterocycles. The minimum absolute atomic E-state index is 0.0231. The first kappa shape index (κ1) is 13.3. The second-order valence-corrected chi connectivity index (χ2v) is 6.03. The van der Waals surface area contributed by atoms with Crippen molar-refractivity contribution in [2.45, 2.75) is 16.8 Å². The molecular weight excluding hydrogens is 340 g/mol. The number of benzene rings is 1. The molecule has 2 heterocycles. The highest BCUT2D eigenvalue weighted by molar-refractivity contribution is 9.10. The summed E-state index contributed by atoms with van der Waals surface area (Å²) in [5.74, 6) is 0.0231. The number of imidazole rings is 1. The summed E-state index contributed by atoms with van der Waals surface area (Å²) in [6.07, 6.45) is 3.05. The SMILES string of the molecule is CC(=O)c1ccc(Br)cc1Sc1ncnc2nc[nH]c12. The third-order valence-electron chi connectivity index (χ3n) is 2.72. The van der Waals surface area contributed by atoms with E-state index in [0.717, 1.165) is 19.9 Å². The van der Waals surface area contributed by atoms with E-state index in [1.165, 1.54) is 18.1 Å². The maximum absolute atomic E-state index is 11.7. The number of fused-ring (bicyclic) bond motifs is 1. The van der Waals surface area contributed by atoms with Crippen molar-refractivity contribution in [3.05, 3.63) is 40.9 Å². The van der Waals surface area contributed by atoms with Crippen LogP contribution in [0.3, 0.4) is 0 Å². The lowest BCUT2D eigenvalue weighted by molar-refractivity contribution is 0.101. The van der Waals surface area contributed by atoms with E-state index in [-0.39, 0.29) is 5.78 Å². The number of halogens is 1. The summed E-state index contributed by atoms with van der Waals surface area (Å²) in [6.45, 7) is 1.55. The third-order valence-corrected chi connectivity index (χ3v) is 4.27. The first-order valence-corrected chi connectivity index (χ1v) is 7.38. The molecule has 0 aliphatic heterocycles. The zero-order valence-corrected chi connectivity index (χ0v) is 12.8. The van der Waals surface area contributed by atoms with Crippen LogP contribution in [0, 0.1) is 0 Å². The molecule has 0 unspecified atom stereocenters. The van der Waals surface area contributed by atoms with Gasteiger partial charge in [0.05, 0.1) is 6.33 Å². The van der Waals surface area contributed by atoms with E-state index in [1.807, 2.05) is 12.1 Å². The van der Waals surface area contributed by atoms with Gasteiger partial charge in [-0.2, -0.15) is 0 Å². The Labute approximate surface area is 127 Å². The van der Waals surface area contributed by atoms with Crippen LogP contribution in [-0.2, 0) is 0 Å². The number of ketones is 1. The Morgan fingerprint density at radius 3 is 2.95 bits per heavy atom. The Morgan fingerprint density at radius 1 is 1.30 bits per heavy atom. The molecule has 100 valence electrons. The zero-order valence-electron chi connectivity index (χ0n) is 10.4. The molecule has 5 nitrogen and oxygen atoms in total. The third kappa shape index (κ3) is 2.46. The number of nitrogens with zero attached hydrogens (tertiary/aromatic N) is 3. The van der Waals surface area contributed by atoms with Gasteiger partial charge in [0.2, 0.25) is 0 Å². The molecule has 0 amide bonds. The maximum atomic E-state index is 11.7. The molecule has 0 atom stereocenters. The number of H-pyrrole nitrogens is 1. The summed E-state index contributed by atoms with van der Waals surface area (Å²) < 4.78 is 0.917. The van der Waals surface area contributed by atoms with E-state index in [0.29, 0.717) is 11.2 Å². The molecule has 3 rings (SSSR count). The van der Waals surface area contributed by atoms with E-state index >= 15 is 0 Å². The van der Waals surface area contributed by atoms with Crippen LogP contribution in [0.25, 0.3) is 11.2 Å². The fourth-order valence-corrected chi connectivity index (χ4v) is 3.38. The van der Waals surface area contributed by atoms with Crippen LogP contribution in [0.5, 0.6) is 0 Å². The molecule has 20 heavy (non-hydrogen) atoms. The van der Waals surface area contributed by atoms with Gasteiger partial charge in [-0.05, 0) is 25.1 Å². The van der Waals surface area contributed by atoms with Gasteiger partial charge in [0.15, 0.2) is 11.4 Å². The zero-order chi connectivity index (χ0) is 14.1. The monoisotopic (exact) mass is 348 g/mol. The summed E-state index contributed by atoms with van der Waals surface area (Å²) in [5.41, 5.74) is 2.05. The van der Waals surface area contributed by atoms with Crippen LogP contribution in [0.2, 0.25) is 0 Å². The molecule has 1 aromatic carbocycles. The second kappa shape index (κ2) is 5.34. The Kier molecular flexibility index (Phi) is 3.54. The van der Waals surface area contributed by atoms with E-state index < -0.39 is 0 Å². The van der Waals surface area contributed by atoms with Gasteiger partial charge >= 0.3 is 0 Å². The Morgan fingerprint density at radius 2 is 2.15 bits per heavy atom. The molecule has 0 aliphatic carbocycles. The molecule has 0 saturated carbocycles. The number of aromatic amines is 1. The molecule has 0 radical (unpaired) electrons. The van der Waals surface area contributed by atoms with Crippen molar-refractivity contribution >= 4 is 44.6 Å². The van der Waals surface area contributed by atoms with Crippen molar-refractivity contribution in [2.75, 3.05) is 0 Å². The predicted octanol–water partition coefficient (Wildman–Crippen LogP) is 3.47. The van der Waals surface area contributed by atoms with Gasteiger partial charge in [0.1, 0.15) is 16.9 Å². The fraction of sp³-hybridized carbons (Fsp3) is 0.0769. The number of Topliss-reactive ketones (excluding diaryl/α,β-unsaturated/α-hetero) is 1. The normalized spacial score (nSPS) is 10.9. The first-order valence-electron chi connectivity index (χ1n) is 5.77. The number of hydrogen-bond donors (Lipinski definition) is 1. The van der Waals surface area contributed by atoms with Crippen LogP contribution >= 0.6 is 27.7 Å². The number of carbonyl (C=O) groups excluding carboxylic acids is 1. The molecular formula is C13H9BrN4OS. The van der Waals surface area contributed by atoms with E-state index in [2.05, 4.69) is 35.9 Å². The van der Waals surface area contributed by atoms with Crippen LogP contribution in [0.15, 0.2) is 45.2 Å². The number of rotatable bonds is 3. The number of carbonyl (C=O) groups is 1. The molecule has 0 fully saturated rings. The largest absolute Gasteiger partial charge is 0.341 e. The van der Waals surface area contributed by atoms with Crippen LogP contribution in [0.4, 0.5) is 0 Å². The van der Waals surface area contributed by atoms with Crippen LogP contribution in [-0.4, -0.2) is 25.7 Å². The summed E-state index contributed by atoms with van der Waals surface area (Å²) >= 11 is 4.84. The van der Waals surface area contributed by atoms with E-state index in [4.69, 9.17) is 0 Å². The summed E-state index contributed by atoms with van der Waals surface area (Å²) in [4.78, 5) is 28.0. The Hall–Kier alpha value is -1.73. The van der Waals surface area contributed by atoms with Gasteiger partial charge in [-0.3, -0.25) is 4.79 Å². The number of nitrogens with one attached hydrogen (secondary N) is 1. The predicted molar refractivity (Wildman–Crippen MR) is 80.0 cm³/mol. The van der Waals surface area contributed by atoms with Gasteiger partial charge in [0.25, 0.3) is 0 Å². The van der Waals surface area contributed by atoms with Crippen molar-refractivity contribution in [3.63, 3.8) is 0 Å². The molecule has 0 spiro atoms. The quantitative estimate of drug-likeness (QED) is 0.579. The summed E-state index contributed by atoms with van der Waals surface area (Å²) in [7, 11) is 0. The number of hydrogen-bond acceptors (Lipinski definition) is 5. The van der Waals surface area contributed by atoms with Gasteiger partial charge in [-0.15, -0.1) is 0 Å². The Balaban J connectivity index is 2.09. The van der Waals surface area contributed by atoms with Crippen molar-refractivity contribution in [1.29, 1.82) is 0 Å². The average molecular weight is 349 g/mol. The van der Waals surface area contributed by atoms with Crippen molar-refractivity contribution in [2.24, 2.45) is 0 Å². The molecule has 1 N–H and O–H groups in total. The number of aromatic nitrogens is 4.